The second kappa shape index (κ2) is 14.7. The molecule has 4 heteroatoms. The third-order valence-electron chi connectivity index (χ3n) is 17.8. The summed E-state index contributed by atoms with van der Waals surface area (Å²) >= 11 is 0. The molecule has 0 spiro atoms. The highest BCUT2D eigenvalue weighted by atomic mass is 16.3. The molecule has 1 aromatic heterocycles. The van der Waals surface area contributed by atoms with Crippen LogP contribution in [0, 0.1) is 0 Å². The normalized spacial score (nSPS) is 20.1. The maximum Gasteiger partial charge on any atom is 0.197 e. The maximum absolute atomic E-state index is 6.69. The average molecular weight is 898 g/mol. The highest BCUT2D eigenvalue weighted by Crippen LogP contribution is 2.53. The fourth-order valence-electron chi connectivity index (χ4n) is 12.8. The molecule has 0 saturated carbocycles. The summed E-state index contributed by atoms with van der Waals surface area (Å²) in [5, 5.41) is 6.35. The molecule has 0 amide bonds. The molecule has 4 aliphatic rings. The third-order valence-corrected chi connectivity index (χ3v) is 17.8. The van der Waals surface area contributed by atoms with Gasteiger partial charge >= 0.3 is 0 Å². The van der Waals surface area contributed by atoms with E-state index >= 15 is 0 Å². The summed E-state index contributed by atoms with van der Waals surface area (Å²) in [5.41, 5.74) is 23.3. The van der Waals surface area contributed by atoms with Gasteiger partial charge in [-0.15, -0.1) is 0 Å². The van der Waals surface area contributed by atoms with Crippen molar-refractivity contribution in [3.05, 3.63) is 136 Å². The number of furan rings is 1. The van der Waals surface area contributed by atoms with E-state index in [0.29, 0.717) is 0 Å². The summed E-state index contributed by atoms with van der Waals surface area (Å²) in [7, 11) is 2.54. The summed E-state index contributed by atoms with van der Waals surface area (Å²) in [6.07, 6.45) is 7.08. The molecule has 2 heterocycles. The van der Waals surface area contributed by atoms with Crippen LogP contribution in [0.2, 0.25) is 0 Å². The quantitative estimate of drug-likeness (QED) is 0.178. The third kappa shape index (κ3) is 7.11. The molecular weight excluding hydrogens is 824 g/mol. The number of anilines is 5. The topological polar surface area (TPSA) is 28.4 Å². The average Bonchev–Trinajstić information content (AvgIpc) is 3.63. The smallest absolute Gasteiger partial charge is 0.197 e. The van der Waals surface area contributed by atoms with Crippen LogP contribution in [0.4, 0.5) is 28.4 Å². The van der Waals surface area contributed by atoms with Gasteiger partial charge in [0.15, 0.2) is 7.28 Å². The molecule has 7 aromatic rings. The Hall–Kier alpha value is -5.22. The molecule has 0 bridgehead atoms. The SMILES string of the molecule is CC(C)(C)c1cc(-c2cc3c(cc2Nc2ccc4c(c2)C(C)(C)CCC4(C)C)oc2ccccc23)c2c(c1)N(c1ccc3c(c1)C(C)(C)CCC3(C)C)c1cc3c(cc1[B]2)C(C)(C)CCC3(C)C. The van der Waals surface area contributed by atoms with Crippen LogP contribution < -0.4 is 21.1 Å². The summed E-state index contributed by atoms with van der Waals surface area (Å²) in [5.74, 6) is 0. The van der Waals surface area contributed by atoms with Crippen LogP contribution in [0.5, 0.6) is 0 Å². The Bertz CT molecular complexity index is 3230. The van der Waals surface area contributed by atoms with Gasteiger partial charge in [-0.3, -0.25) is 0 Å². The van der Waals surface area contributed by atoms with Gasteiger partial charge in [0.1, 0.15) is 11.2 Å². The van der Waals surface area contributed by atoms with Crippen LogP contribution in [-0.2, 0) is 37.9 Å². The summed E-state index contributed by atoms with van der Waals surface area (Å²) < 4.78 is 6.69. The molecule has 6 aromatic carbocycles. The van der Waals surface area contributed by atoms with Crippen molar-refractivity contribution in [2.24, 2.45) is 0 Å². The Morgan fingerprint density at radius 3 is 1.65 bits per heavy atom. The Kier molecular flexibility index (Phi) is 9.75. The summed E-state index contributed by atoms with van der Waals surface area (Å²) in [6.45, 7) is 36.4. The van der Waals surface area contributed by atoms with Crippen molar-refractivity contribution in [2.45, 2.75) is 180 Å². The molecule has 1 N–H and O–H groups in total. The fourth-order valence-corrected chi connectivity index (χ4v) is 12.8. The second-order valence-electron chi connectivity index (χ2n) is 26.6. The first-order valence-electron chi connectivity index (χ1n) is 25.8. The number of rotatable bonds is 4. The standard InChI is InChI=1S/C64H74BN2O/c1-58(2,3)38-30-44(42-34-43-41-18-16-17-19-55(41)68-56(43)37-52(42)66-39-20-22-45-47(32-39)61(8,9)26-24-59(45,4)5)57-54(31-38)67(40-21-23-46-48(33-40)62(10,11)27-25-60(46,6)7)53-36-50-49(35-51(53)65-57)63(12,13)28-29-64(50,14)15/h16-23,30-37,66H,24-29H2,1-15H3. The van der Waals surface area contributed by atoms with Crippen molar-refractivity contribution in [3.8, 4) is 11.1 Å². The Balaban J connectivity index is 1.20. The van der Waals surface area contributed by atoms with Crippen molar-refractivity contribution in [1.82, 2.24) is 0 Å². The minimum atomic E-state index is -0.129. The lowest BCUT2D eigenvalue weighted by Crippen LogP contribution is -2.44. The van der Waals surface area contributed by atoms with E-state index in [9.17, 15) is 0 Å². The number of fused-ring (bicyclic) bond motifs is 8. The monoisotopic (exact) mass is 898 g/mol. The van der Waals surface area contributed by atoms with Crippen LogP contribution >= 0.6 is 0 Å². The molecular formula is C64H74BN2O. The lowest BCUT2D eigenvalue weighted by Gasteiger charge is -2.45. The van der Waals surface area contributed by atoms with Crippen LogP contribution in [0.15, 0.2) is 101 Å². The highest BCUT2D eigenvalue weighted by molar-refractivity contribution is 6.73. The molecule has 0 atom stereocenters. The van der Waals surface area contributed by atoms with Gasteiger partial charge in [-0.05, 0) is 175 Å². The van der Waals surface area contributed by atoms with Crippen LogP contribution in [-0.4, -0.2) is 7.28 Å². The molecule has 349 valence electrons. The number of hydrogen-bond acceptors (Lipinski definition) is 3. The van der Waals surface area contributed by atoms with Crippen molar-refractivity contribution in [1.29, 1.82) is 0 Å². The van der Waals surface area contributed by atoms with Gasteiger partial charge in [-0.2, -0.15) is 0 Å². The minimum absolute atomic E-state index is 0.0666. The lowest BCUT2D eigenvalue weighted by atomic mass is 9.54. The summed E-state index contributed by atoms with van der Waals surface area (Å²) in [6, 6.07) is 38.1. The predicted molar refractivity (Wildman–Crippen MR) is 293 cm³/mol. The van der Waals surface area contributed by atoms with Gasteiger partial charge in [0, 0.05) is 45.2 Å². The van der Waals surface area contributed by atoms with E-state index in [-0.39, 0.29) is 37.9 Å². The zero-order valence-corrected chi connectivity index (χ0v) is 43.9. The van der Waals surface area contributed by atoms with Crippen LogP contribution in [0.3, 0.4) is 0 Å². The number of nitrogens with one attached hydrogen (secondary N) is 1. The first-order valence-corrected chi connectivity index (χ1v) is 25.8. The zero-order valence-electron chi connectivity index (χ0n) is 43.9. The van der Waals surface area contributed by atoms with E-state index in [2.05, 4.69) is 218 Å². The lowest BCUT2D eigenvalue weighted by molar-refractivity contribution is 0.332. The van der Waals surface area contributed by atoms with E-state index in [1.807, 2.05) is 0 Å². The molecule has 1 aliphatic heterocycles. The van der Waals surface area contributed by atoms with E-state index in [1.54, 1.807) is 0 Å². The highest BCUT2D eigenvalue weighted by Gasteiger charge is 2.42. The van der Waals surface area contributed by atoms with Crippen molar-refractivity contribution < 1.29 is 4.42 Å². The first kappa shape index (κ1) is 45.2. The first-order chi connectivity index (χ1) is 31.7. The molecule has 68 heavy (non-hydrogen) atoms. The van der Waals surface area contributed by atoms with Gasteiger partial charge in [-0.25, -0.2) is 0 Å². The van der Waals surface area contributed by atoms with Crippen molar-refractivity contribution in [2.75, 3.05) is 10.2 Å². The number of para-hydroxylation sites is 1. The fraction of sp³-hybridized carbons (Fsp3) is 0.438. The maximum atomic E-state index is 6.69. The predicted octanol–water partition coefficient (Wildman–Crippen LogP) is 16.8. The zero-order chi connectivity index (χ0) is 48.3. The van der Waals surface area contributed by atoms with Gasteiger partial charge in [0.2, 0.25) is 0 Å². The molecule has 3 aliphatic carbocycles. The van der Waals surface area contributed by atoms with Crippen molar-refractivity contribution in [3.63, 3.8) is 0 Å². The van der Waals surface area contributed by atoms with E-state index in [0.717, 1.165) is 33.3 Å². The second-order valence-corrected chi connectivity index (χ2v) is 26.6. The summed E-state index contributed by atoms with van der Waals surface area (Å²) in [4.78, 5) is 2.66. The van der Waals surface area contributed by atoms with E-state index in [1.165, 1.54) is 117 Å². The molecule has 0 fully saturated rings. The Morgan fingerprint density at radius 2 is 1.03 bits per heavy atom. The number of hydrogen-bond donors (Lipinski definition) is 1. The number of benzene rings is 6. The molecule has 0 saturated heterocycles. The van der Waals surface area contributed by atoms with Gasteiger partial charge in [-0.1, -0.05) is 152 Å². The molecule has 0 unspecified atom stereocenters. The van der Waals surface area contributed by atoms with Gasteiger partial charge in [0.25, 0.3) is 0 Å². The Morgan fingerprint density at radius 1 is 0.485 bits per heavy atom. The van der Waals surface area contributed by atoms with E-state index < -0.39 is 0 Å². The van der Waals surface area contributed by atoms with Crippen LogP contribution in [0.25, 0.3) is 33.1 Å². The van der Waals surface area contributed by atoms with Crippen molar-refractivity contribution >= 4 is 68.6 Å². The van der Waals surface area contributed by atoms with Gasteiger partial charge in [0.05, 0.1) is 5.69 Å². The largest absolute Gasteiger partial charge is 0.456 e. The molecule has 11 rings (SSSR count). The van der Waals surface area contributed by atoms with Gasteiger partial charge < -0.3 is 14.6 Å². The number of nitrogens with zero attached hydrogens (tertiary/aromatic N) is 1. The molecule has 3 nitrogen and oxygen atoms in total. The minimum Gasteiger partial charge on any atom is -0.456 e. The van der Waals surface area contributed by atoms with Crippen LogP contribution in [0.1, 0.15) is 181 Å². The molecule has 1 radical (unpaired) electrons. The van der Waals surface area contributed by atoms with E-state index in [4.69, 9.17) is 4.42 Å². The Labute approximate surface area is 408 Å².